The van der Waals surface area contributed by atoms with Gasteiger partial charge in [-0.05, 0) is 36.1 Å². The lowest BCUT2D eigenvalue weighted by molar-refractivity contribution is 0.287. The van der Waals surface area contributed by atoms with Gasteiger partial charge in [0.25, 0.3) is 0 Å². The fourth-order valence-electron chi connectivity index (χ4n) is 4.31. The Morgan fingerprint density at radius 3 is 2.42 bits per heavy atom. The molecule has 0 atom stereocenters. The van der Waals surface area contributed by atoms with Crippen molar-refractivity contribution >= 4 is 27.4 Å². The zero-order chi connectivity index (χ0) is 26.7. The van der Waals surface area contributed by atoms with Crippen LogP contribution in [0.15, 0.2) is 47.2 Å². The normalized spacial score (nSPS) is 16.5. The molecular weight excluding hydrogens is 474 g/mol. The lowest BCUT2D eigenvalue weighted by atomic mass is 9.97. The number of aliphatic imine (C=N–C) groups is 1. The van der Waals surface area contributed by atoms with E-state index in [9.17, 15) is 18.5 Å². The topological polar surface area (TPSA) is 100 Å². The maximum Gasteiger partial charge on any atom is 0.330 e. The molecule has 9 heteroatoms. The minimum atomic E-state index is -2.95. The molecule has 0 bridgehead atoms. The van der Waals surface area contributed by atoms with Crippen molar-refractivity contribution in [2.45, 2.75) is 47.3 Å². The highest BCUT2D eigenvalue weighted by Gasteiger charge is 2.23. The third-order valence-corrected chi connectivity index (χ3v) is 7.70. The number of hydrogen-bond acceptors (Lipinski definition) is 6. The number of aromatic nitrogens is 2. The molecular formula is C27H35N5O3S. The molecule has 0 aliphatic carbocycles. The molecule has 0 unspecified atom stereocenters. The summed E-state index contributed by atoms with van der Waals surface area (Å²) in [5.41, 5.74) is 3.04. The summed E-state index contributed by atoms with van der Waals surface area (Å²) in [4.78, 5) is 20.2. The van der Waals surface area contributed by atoms with Crippen LogP contribution in [-0.4, -0.2) is 52.8 Å². The molecule has 36 heavy (non-hydrogen) atoms. The molecule has 1 fully saturated rings. The minimum Gasteiger partial charge on any atom is -0.297 e. The molecule has 2 aromatic rings. The number of allylic oxidation sites excluding steroid dienone is 1. The second-order valence-electron chi connectivity index (χ2n) is 10.4. The van der Waals surface area contributed by atoms with Crippen LogP contribution in [0.5, 0.6) is 0 Å². The molecule has 3 rings (SSSR count). The van der Waals surface area contributed by atoms with Gasteiger partial charge in [-0.25, -0.2) is 18.2 Å². The van der Waals surface area contributed by atoms with Crippen molar-refractivity contribution in [2.24, 2.45) is 10.4 Å². The Balaban J connectivity index is 2.05. The lowest BCUT2D eigenvalue weighted by Crippen LogP contribution is -2.39. The first-order valence-corrected chi connectivity index (χ1v) is 13.8. The number of benzene rings is 1. The first-order valence-electron chi connectivity index (χ1n) is 12.0. The molecule has 1 aliphatic rings. The SMILES string of the molecule is C=CCn1c(N=C(C)c2cc(CN3CCS(=O)(=O)CC3)ccc2C#N)c(C=C)n(CC(C)(C)C)c1=O. The summed E-state index contributed by atoms with van der Waals surface area (Å²) in [7, 11) is -2.95. The number of nitriles is 1. The van der Waals surface area contributed by atoms with E-state index in [0.29, 0.717) is 61.1 Å². The van der Waals surface area contributed by atoms with Crippen LogP contribution in [0, 0.1) is 16.7 Å². The summed E-state index contributed by atoms with van der Waals surface area (Å²) in [6.45, 7) is 18.1. The maximum absolute atomic E-state index is 13.3. The van der Waals surface area contributed by atoms with Gasteiger partial charge in [0.05, 0.1) is 28.8 Å². The van der Waals surface area contributed by atoms with Crippen LogP contribution in [0.25, 0.3) is 6.08 Å². The highest BCUT2D eigenvalue weighted by Crippen LogP contribution is 2.26. The molecule has 1 aliphatic heterocycles. The Bertz CT molecular complexity index is 1380. The summed E-state index contributed by atoms with van der Waals surface area (Å²) in [6.07, 6.45) is 3.30. The van der Waals surface area contributed by atoms with Gasteiger partial charge < -0.3 is 0 Å². The van der Waals surface area contributed by atoms with Gasteiger partial charge in [-0.1, -0.05) is 39.5 Å². The van der Waals surface area contributed by atoms with Gasteiger partial charge in [0.15, 0.2) is 15.7 Å². The molecule has 8 nitrogen and oxygen atoms in total. The van der Waals surface area contributed by atoms with Gasteiger partial charge in [0.1, 0.15) is 0 Å². The van der Waals surface area contributed by atoms with Crippen LogP contribution >= 0.6 is 0 Å². The van der Waals surface area contributed by atoms with E-state index < -0.39 is 9.84 Å². The molecule has 0 radical (unpaired) electrons. The number of nitrogens with zero attached hydrogens (tertiary/aromatic N) is 5. The van der Waals surface area contributed by atoms with E-state index in [2.05, 4.69) is 44.9 Å². The fourth-order valence-corrected chi connectivity index (χ4v) is 5.59. The zero-order valence-corrected chi connectivity index (χ0v) is 22.4. The summed E-state index contributed by atoms with van der Waals surface area (Å²) in [5, 5.41) is 9.75. The van der Waals surface area contributed by atoms with E-state index in [1.165, 1.54) is 0 Å². The summed E-state index contributed by atoms with van der Waals surface area (Å²) in [6, 6.07) is 7.82. The number of hydrogen-bond donors (Lipinski definition) is 0. The standard InChI is InChI=1S/C27H35N5O3S/c1-7-11-31-25(24(8-2)32(26(31)33)19-27(4,5)6)29-20(3)23-16-21(9-10-22(23)17-28)18-30-12-14-36(34,35)15-13-30/h7-10,16H,1-2,11-15,18-19H2,3-6H3. The van der Waals surface area contributed by atoms with Crippen molar-refractivity contribution in [3.63, 3.8) is 0 Å². The minimum absolute atomic E-state index is 0.131. The van der Waals surface area contributed by atoms with Crippen LogP contribution in [0.4, 0.5) is 5.82 Å². The Hall–Kier alpha value is -3.22. The molecule has 2 heterocycles. The van der Waals surface area contributed by atoms with Crippen molar-refractivity contribution in [2.75, 3.05) is 24.6 Å². The number of rotatable bonds is 8. The predicted octanol–water partition coefficient (Wildman–Crippen LogP) is 3.77. The van der Waals surface area contributed by atoms with Crippen molar-refractivity contribution in [3.05, 3.63) is 70.3 Å². The fraction of sp³-hybridized carbons (Fsp3) is 0.444. The van der Waals surface area contributed by atoms with Crippen molar-refractivity contribution in [3.8, 4) is 6.07 Å². The quantitative estimate of drug-likeness (QED) is 0.398. The van der Waals surface area contributed by atoms with E-state index in [1.807, 2.05) is 19.1 Å². The summed E-state index contributed by atoms with van der Waals surface area (Å²) < 4.78 is 26.8. The smallest absolute Gasteiger partial charge is 0.297 e. The Morgan fingerprint density at radius 2 is 1.86 bits per heavy atom. The number of imidazole rings is 1. The monoisotopic (exact) mass is 509 g/mol. The van der Waals surface area contributed by atoms with E-state index in [1.54, 1.807) is 27.4 Å². The molecule has 0 amide bonds. The van der Waals surface area contributed by atoms with Crippen LogP contribution in [0.1, 0.15) is 50.1 Å². The molecule has 0 saturated carbocycles. The van der Waals surface area contributed by atoms with Gasteiger partial charge in [-0.2, -0.15) is 5.26 Å². The first-order chi connectivity index (χ1) is 16.9. The van der Waals surface area contributed by atoms with E-state index in [4.69, 9.17) is 4.99 Å². The second kappa shape index (κ2) is 10.8. The van der Waals surface area contributed by atoms with Gasteiger partial charge >= 0.3 is 5.69 Å². The summed E-state index contributed by atoms with van der Waals surface area (Å²) in [5.74, 6) is 0.799. The third-order valence-electron chi connectivity index (χ3n) is 6.09. The van der Waals surface area contributed by atoms with Gasteiger partial charge in [-0.15, -0.1) is 6.58 Å². The van der Waals surface area contributed by atoms with Crippen molar-refractivity contribution < 1.29 is 8.42 Å². The molecule has 0 N–H and O–H groups in total. The van der Waals surface area contributed by atoms with Crippen LogP contribution in [0.2, 0.25) is 0 Å². The second-order valence-corrected chi connectivity index (χ2v) is 12.7. The molecule has 0 spiro atoms. The van der Waals surface area contributed by atoms with Crippen molar-refractivity contribution in [1.82, 2.24) is 14.0 Å². The Labute approximate surface area is 213 Å². The van der Waals surface area contributed by atoms with E-state index >= 15 is 0 Å². The number of sulfone groups is 1. The lowest BCUT2D eigenvalue weighted by Gasteiger charge is -2.26. The molecule has 1 aromatic heterocycles. The van der Waals surface area contributed by atoms with Crippen molar-refractivity contribution in [1.29, 1.82) is 5.26 Å². The third kappa shape index (κ3) is 6.31. The Morgan fingerprint density at radius 1 is 1.19 bits per heavy atom. The van der Waals surface area contributed by atoms with E-state index in [-0.39, 0.29) is 22.6 Å². The highest BCUT2D eigenvalue weighted by atomic mass is 32.2. The first kappa shape index (κ1) is 27.4. The van der Waals surface area contributed by atoms with Crippen LogP contribution in [-0.2, 0) is 29.5 Å². The predicted molar refractivity (Wildman–Crippen MR) is 145 cm³/mol. The van der Waals surface area contributed by atoms with Gasteiger partial charge in [-0.3, -0.25) is 14.0 Å². The largest absolute Gasteiger partial charge is 0.330 e. The van der Waals surface area contributed by atoms with Gasteiger partial charge in [0, 0.05) is 44.0 Å². The average molecular weight is 510 g/mol. The zero-order valence-electron chi connectivity index (χ0n) is 21.6. The summed E-state index contributed by atoms with van der Waals surface area (Å²) >= 11 is 0. The van der Waals surface area contributed by atoms with Crippen LogP contribution in [0.3, 0.4) is 0 Å². The molecule has 1 saturated heterocycles. The van der Waals surface area contributed by atoms with E-state index in [0.717, 1.165) is 5.56 Å². The average Bonchev–Trinajstić information content (AvgIpc) is 3.04. The Kier molecular flexibility index (Phi) is 8.22. The molecule has 1 aromatic carbocycles. The highest BCUT2D eigenvalue weighted by molar-refractivity contribution is 7.91. The van der Waals surface area contributed by atoms with Crippen LogP contribution < -0.4 is 5.69 Å². The molecule has 192 valence electrons. The van der Waals surface area contributed by atoms with Gasteiger partial charge in [0.2, 0.25) is 0 Å². The maximum atomic E-state index is 13.3.